The summed E-state index contributed by atoms with van der Waals surface area (Å²) in [6, 6.07) is 17.0. The summed E-state index contributed by atoms with van der Waals surface area (Å²) in [6.07, 6.45) is 3.64. The molecule has 1 heterocycles. The van der Waals surface area contributed by atoms with Crippen LogP contribution in [0.5, 0.6) is 0 Å². The molecule has 0 fully saturated rings. The van der Waals surface area contributed by atoms with Gasteiger partial charge in [0.05, 0.1) is 11.4 Å². The number of thioether (sulfide) groups is 1. The molecule has 6 nitrogen and oxygen atoms in total. The topological polar surface area (TPSA) is 78.8 Å². The van der Waals surface area contributed by atoms with Crippen LogP contribution in [0.2, 0.25) is 0 Å². The number of fused-ring (bicyclic) bond motifs is 1. The number of benzene rings is 2. The lowest BCUT2D eigenvalue weighted by molar-refractivity contribution is -0.118. The Morgan fingerprint density at radius 3 is 2.57 bits per heavy atom. The van der Waals surface area contributed by atoms with Gasteiger partial charge in [0.1, 0.15) is 4.90 Å². The number of para-hydroxylation sites is 1. The Labute approximate surface area is 182 Å². The van der Waals surface area contributed by atoms with E-state index in [0.29, 0.717) is 23.9 Å². The fourth-order valence-electron chi connectivity index (χ4n) is 3.19. The second-order valence-electron chi connectivity index (χ2n) is 7.05. The Morgan fingerprint density at radius 1 is 1.07 bits per heavy atom. The first kappa shape index (κ1) is 22.4. The number of nitrogens with zero attached hydrogens (tertiary/aromatic N) is 2. The molecule has 1 aliphatic rings. The summed E-state index contributed by atoms with van der Waals surface area (Å²) in [5, 5.41) is 3.27. The van der Waals surface area contributed by atoms with Gasteiger partial charge in [-0.05, 0) is 37.0 Å². The van der Waals surface area contributed by atoms with Crippen molar-refractivity contribution >= 4 is 38.5 Å². The van der Waals surface area contributed by atoms with Crippen molar-refractivity contribution in [3.05, 3.63) is 60.2 Å². The fourth-order valence-corrected chi connectivity index (χ4v) is 5.49. The van der Waals surface area contributed by atoms with Gasteiger partial charge in [-0.15, -0.1) is 4.40 Å². The highest BCUT2D eigenvalue weighted by Gasteiger charge is 2.30. The van der Waals surface area contributed by atoms with Gasteiger partial charge in [-0.3, -0.25) is 4.79 Å². The Kier molecular flexibility index (Phi) is 7.93. The number of amides is 1. The van der Waals surface area contributed by atoms with Gasteiger partial charge in [-0.2, -0.15) is 8.42 Å². The van der Waals surface area contributed by atoms with Crippen molar-refractivity contribution in [3.8, 4) is 0 Å². The monoisotopic (exact) mass is 445 g/mol. The smallest absolute Gasteiger partial charge is 0.286 e. The number of aryl methyl sites for hydroxylation is 1. The second-order valence-corrected chi connectivity index (χ2v) is 9.56. The van der Waals surface area contributed by atoms with E-state index in [2.05, 4.69) is 28.8 Å². The molecule has 2 aromatic rings. The summed E-state index contributed by atoms with van der Waals surface area (Å²) in [5.41, 5.74) is 1.87. The SMILES string of the molecule is CCCCN1C(SCC(=O)NCCCc2ccccc2)=NS(=O)(=O)c2ccccc21. The van der Waals surface area contributed by atoms with Gasteiger partial charge >= 0.3 is 0 Å². The zero-order valence-corrected chi connectivity index (χ0v) is 18.7. The maximum absolute atomic E-state index is 12.6. The van der Waals surface area contributed by atoms with Crippen molar-refractivity contribution in [2.45, 2.75) is 37.5 Å². The first-order valence-corrected chi connectivity index (χ1v) is 12.6. The molecule has 1 N–H and O–H groups in total. The quantitative estimate of drug-likeness (QED) is 0.594. The predicted molar refractivity (Wildman–Crippen MR) is 124 cm³/mol. The van der Waals surface area contributed by atoms with E-state index in [9.17, 15) is 13.2 Å². The molecule has 0 saturated carbocycles. The number of carbonyl (C=O) groups excluding carboxylic acids is 1. The number of hydrogen-bond acceptors (Lipinski definition) is 5. The van der Waals surface area contributed by atoms with Crippen LogP contribution in [-0.4, -0.2) is 38.3 Å². The molecule has 0 radical (unpaired) electrons. The van der Waals surface area contributed by atoms with Gasteiger partial charge in [0.2, 0.25) is 5.91 Å². The van der Waals surface area contributed by atoms with Crippen molar-refractivity contribution < 1.29 is 13.2 Å². The van der Waals surface area contributed by atoms with E-state index in [1.165, 1.54) is 17.3 Å². The Bertz CT molecular complexity index is 992. The van der Waals surface area contributed by atoms with Gasteiger partial charge in [-0.25, -0.2) is 0 Å². The van der Waals surface area contributed by atoms with E-state index < -0.39 is 10.0 Å². The van der Waals surface area contributed by atoms with Crippen LogP contribution in [0.3, 0.4) is 0 Å². The molecule has 0 aliphatic carbocycles. The third-order valence-corrected chi connectivity index (χ3v) is 7.14. The third-order valence-electron chi connectivity index (χ3n) is 4.74. The molecule has 0 spiro atoms. The van der Waals surface area contributed by atoms with Crippen LogP contribution in [0.4, 0.5) is 5.69 Å². The first-order chi connectivity index (χ1) is 14.5. The molecule has 2 aromatic carbocycles. The summed E-state index contributed by atoms with van der Waals surface area (Å²) in [6.45, 7) is 3.33. The van der Waals surface area contributed by atoms with Crippen LogP contribution in [0.25, 0.3) is 0 Å². The molecule has 1 aliphatic heterocycles. The van der Waals surface area contributed by atoms with Gasteiger partial charge in [0.15, 0.2) is 5.17 Å². The highest BCUT2D eigenvalue weighted by atomic mass is 32.2. The highest BCUT2D eigenvalue weighted by Crippen LogP contribution is 2.34. The van der Waals surface area contributed by atoms with Gasteiger partial charge in [0, 0.05) is 13.1 Å². The van der Waals surface area contributed by atoms with E-state index >= 15 is 0 Å². The predicted octanol–water partition coefficient (Wildman–Crippen LogP) is 3.83. The number of rotatable bonds is 9. The van der Waals surface area contributed by atoms with Crippen molar-refractivity contribution in [3.63, 3.8) is 0 Å². The molecule has 0 atom stereocenters. The number of sulfonamides is 1. The van der Waals surface area contributed by atoms with Crippen LogP contribution < -0.4 is 10.2 Å². The molecule has 1 amide bonds. The Hall–Kier alpha value is -2.32. The lowest BCUT2D eigenvalue weighted by atomic mass is 10.1. The molecular formula is C22H27N3O3S2. The van der Waals surface area contributed by atoms with E-state index in [1.807, 2.05) is 29.2 Å². The molecule has 30 heavy (non-hydrogen) atoms. The van der Waals surface area contributed by atoms with E-state index in [-0.39, 0.29) is 16.6 Å². The van der Waals surface area contributed by atoms with E-state index in [0.717, 1.165) is 25.7 Å². The zero-order chi connectivity index (χ0) is 21.4. The average Bonchev–Trinajstić information content (AvgIpc) is 2.75. The van der Waals surface area contributed by atoms with E-state index in [1.54, 1.807) is 18.2 Å². The van der Waals surface area contributed by atoms with Crippen molar-refractivity contribution in [2.24, 2.45) is 4.40 Å². The third kappa shape index (κ3) is 5.86. The minimum Gasteiger partial charge on any atom is -0.355 e. The summed E-state index contributed by atoms with van der Waals surface area (Å²) in [7, 11) is -3.75. The molecule has 160 valence electrons. The average molecular weight is 446 g/mol. The Balaban J connectivity index is 1.57. The van der Waals surface area contributed by atoms with Crippen LogP contribution in [-0.2, 0) is 21.2 Å². The summed E-state index contributed by atoms with van der Waals surface area (Å²) in [5.74, 6) is 0.00672. The summed E-state index contributed by atoms with van der Waals surface area (Å²) >= 11 is 1.17. The molecule has 8 heteroatoms. The van der Waals surface area contributed by atoms with Crippen LogP contribution in [0, 0.1) is 0 Å². The lowest BCUT2D eigenvalue weighted by Crippen LogP contribution is -2.36. The van der Waals surface area contributed by atoms with Gasteiger partial charge < -0.3 is 10.2 Å². The number of unbranched alkanes of at least 4 members (excludes halogenated alkanes) is 1. The number of anilines is 1. The molecule has 3 rings (SSSR count). The number of nitrogens with one attached hydrogen (secondary N) is 1. The van der Waals surface area contributed by atoms with Crippen molar-refractivity contribution in [2.75, 3.05) is 23.7 Å². The molecule has 0 unspecified atom stereocenters. The zero-order valence-electron chi connectivity index (χ0n) is 17.1. The normalized spacial score (nSPS) is 14.7. The maximum atomic E-state index is 12.6. The molecule has 0 saturated heterocycles. The summed E-state index contributed by atoms with van der Waals surface area (Å²) < 4.78 is 29.1. The van der Waals surface area contributed by atoms with Crippen LogP contribution in [0.15, 0.2) is 63.9 Å². The Morgan fingerprint density at radius 2 is 1.80 bits per heavy atom. The van der Waals surface area contributed by atoms with Crippen LogP contribution >= 0.6 is 11.8 Å². The highest BCUT2D eigenvalue weighted by molar-refractivity contribution is 8.15. The second kappa shape index (κ2) is 10.6. The largest absolute Gasteiger partial charge is 0.355 e. The fraction of sp³-hybridized carbons (Fsp3) is 0.364. The minimum absolute atomic E-state index is 0.123. The van der Waals surface area contributed by atoms with Crippen molar-refractivity contribution in [1.29, 1.82) is 0 Å². The molecule has 0 aromatic heterocycles. The number of carbonyl (C=O) groups is 1. The van der Waals surface area contributed by atoms with Crippen LogP contribution in [0.1, 0.15) is 31.7 Å². The number of hydrogen-bond donors (Lipinski definition) is 1. The van der Waals surface area contributed by atoms with Gasteiger partial charge in [-0.1, -0.05) is 67.6 Å². The van der Waals surface area contributed by atoms with Gasteiger partial charge in [0.25, 0.3) is 10.0 Å². The standard InChI is InChI=1S/C22H27N3O3S2/c1-2-3-16-25-19-13-7-8-14-20(19)30(27,28)24-22(25)29-17-21(26)23-15-9-12-18-10-5-4-6-11-18/h4-8,10-11,13-14H,2-3,9,12,15-17H2,1H3,(H,23,26). The molecule has 0 bridgehead atoms. The maximum Gasteiger partial charge on any atom is 0.286 e. The minimum atomic E-state index is -3.75. The number of amidine groups is 1. The lowest BCUT2D eigenvalue weighted by Gasteiger charge is -2.30. The van der Waals surface area contributed by atoms with Crippen molar-refractivity contribution in [1.82, 2.24) is 5.32 Å². The first-order valence-electron chi connectivity index (χ1n) is 10.2. The summed E-state index contributed by atoms with van der Waals surface area (Å²) in [4.78, 5) is 14.4. The van der Waals surface area contributed by atoms with E-state index in [4.69, 9.17) is 0 Å². The molecular weight excluding hydrogens is 418 g/mol.